The first-order valence-corrected chi connectivity index (χ1v) is 12.0. The van der Waals surface area contributed by atoms with Gasteiger partial charge >= 0.3 is 6.61 Å². The van der Waals surface area contributed by atoms with Crippen molar-refractivity contribution in [3.05, 3.63) is 30.2 Å². The number of nitrogens with zero attached hydrogens (tertiary/aromatic N) is 4. The number of rotatable bonds is 7. The number of anilines is 4. The fraction of sp³-hybridized carbons (Fsp3) is 0.583. The molecule has 1 aromatic carbocycles. The van der Waals surface area contributed by atoms with Gasteiger partial charge < -0.3 is 25.4 Å². The highest BCUT2D eigenvalue weighted by Crippen LogP contribution is 2.39. The van der Waals surface area contributed by atoms with Crippen LogP contribution in [-0.4, -0.2) is 69.9 Å². The Morgan fingerprint density at radius 3 is 2.77 bits per heavy atom. The molecule has 3 saturated heterocycles. The number of aliphatic hydroxyl groups is 1. The van der Waals surface area contributed by atoms with E-state index in [1.165, 1.54) is 6.07 Å². The van der Waals surface area contributed by atoms with E-state index < -0.39 is 18.5 Å². The number of halogens is 3. The predicted molar refractivity (Wildman–Crippen MR) is 127 cm³/mol. The number of piperidine rings is 1. The highest BCUT2D eigenvalue weighted by atomic mass is 19.3. The molecule has 3 fully saturated rings. The monoisotopic (exact) mass is 492 g/mol. The van der Waals surface area contributed by atoms with Crippen LogP contribution in [0.2, 0.25) is 0 Å². The van der Waals surface area contributed by atoms with Gasteiger partial charge in [-0.3, -0.25) is 4.90 Å². The first-order valence-electron chi connectivity index (χ1n) is 12.0. The quantitative estimate of drug-likeness (QED) is 0.536. The fourth-order valence-corrected chi connectivity index (χ4v) is 5.46. The molecule has 0 aliphatic carbocycles. The molecular formula is C24H31F3N6O2. The Labute approximate surface area is 202 Å². The number of alkyl halides is 2. The van der Waals surface area contributed by atoms with Gasteiger partial charge in [0.15, 0.2) is 17.4 Å². The minimum absolute atomic E-state index is 0.0244. The first kappa shape index (κ1) is 23.9. The van der Waals surface area contributed by atoms with Crippen molar-refractivity contribution in [3.63, 3.8) is 0 Å². The van der Waals surface area contributed by atoms with E-state index >= 15 is 0 Å². The largest absolute Gasteiger partial charge is 0.433 e. The van der Waals surface area contributed by atoms with Crippen LogP contribution in [0, 0.1) is 5.82 Å². The van der Waals surface area contributed by atoms with E-state index in [0.717, 1.165) is 38.4 Å². The van der Waals surface area contributed by atoms with Crippen molar-refractivity contribution in [2.45, 2.75) is 69.9 Å². The molecule has 1 aromatic heterocycles. The van der Waals surface area contributed by atoms with E-state index in [4.69, 9.17) is 4.74 Å². The van der Waals surface area contributed by atoms with Gasteiger partial charge in [0.2, 0.25) is 5.95 Å². The summed E-state index contributed by atoms with van der Waals surface area (Å²) in [5, 5.41) is 15.7. The Kier molecular flexibility index (Phi) is 6.39. The van der Waals surface area contributed by atoms with Crippen LogP contribution < -0.4 is 20.3 Å². The van der Waals surface area contributed by atoms with E-state index in [0.29, 0.717) is 30.5 Å². The zero-order chi connectivity index (χ0) is 24.7. The molecule has 190 valence electrons. The summed E-state index contributed by atoms with van der Waals surface area (Å²) < 4.78 is 45.2. The van der Waals surface area contributed by atoms with Crippen molar-refractivity contribution < 1.29 is 23.0 Å². The molecule has 0 saturated carbocycles. The SMILES string of the molecule is CC1(C)CCC2CC(Nc3nc(Nc4ccc(N5CC(O)C5)c(OC(F)F)c4)ncc3F)CCN21. The minimum Gasteiger partial charge on any atom is -0.433 e. The summed E-state index contributed by atoms with van der Waals surface area (Å²) in [4.78, 5) is 12.6. The number of hydrogen-bond acceptors (Lipinski definition) is 8. The summed E-state index contributed by atoms with van der Waals surface area (Å²) in [7, 11) is 0. The number of ether oxygens (including phenoxy) is 1. The lowest BCUT2D eigenvalue weighted by Crippen LogP contribution is -2.51. The molecule has 0 amide bonds. The number of benzene rings is 1. The Balaban J connectivity index is 1.28. The molecule has 11 heteroatoms. The van der Waals surface area contributed by atoms with Crippen LogP contribution in [0.5, 0.6) is 5.75 Å². The Morgan fingerprint density at radius 2 is 2.03 bits per heavy atom. The van der Waals surface area contributed by atoms with Gasteiger partial charge in [0.25, 0.3) is 0 Å². The van der Waals surface area contributed by atoms with Gasteiger partial charge in [0.1, 0.15) is 0 Å². The molecule has 5 rings (SSSR count). The second-order valence-corrected chi connectivity index (χ2v) is 10.2. The molecule has 35 heavy (non-hydrogen) atoms. The topological polar surface area (TPSA) is 85.8 Å². The van der Waals surface area contributed by atoms with Crippen molar-refractivity contribution in [1.29, 1.82) is 0 Å². The van der Waals surface area contributed by atoms with Crippen LogP contribution in [0.1, 0.15) is 39.5 Å². The van der Waals surface area contributed by atoms with Crippen molar-refractivity contribution >= 4 is 23.1 Å². The molecule has 0 radical (unpaired) electrons. The first-order chi connectivity index (χ1) is 16.7. The maximum atomic E-state index is 14.5. The number of β-amino-alcohol motifs (C(OH)–C–C–N with tert-alkyl or cyclic N) is 1. The average molecular weight is 493 g/mol. The van der Waals surface area contributed by atoms with Gasteiger partial charge in [0.05, 0.1) is 18.0 Å². The summed E-state index contributed by atoms with van der Waals surface area (Å²) in [5.74, 6) is -0.307. The molecule has 3 aliphatic rings. The minimum atomic E-state index is -3.00. The summed E-state index contributed by atoms with van der Waals surface area (Å²) in [6, 6.07) is 5.32. The van der Waals surface area contributed by atoms with E-state index in [1.807, 2.05) is 0 Å². The van der Waals surface area contributed by atoms with Crippen LogP contribution in [0.3, 0.4) is 0 Å². The third-order valence-corrected chi connectivity index (χ3v) is 7.30. The van der Waals surface area contributed by atoms with Crippen LogP contribution in [0.4, 0.5) is 36.3 Å². The molecule has 4 heterocycles. The van der Waals surface area contributed by atoms with Crippen LogP contribution in [0.25, 0.3) is 0 Å². The lowest BCUT2D eigenvalue weighted by molar-refractivity contribution is -0.0496. The molecule has 3 aliphatic heterocycles. The zero-order valence-corrected chi connectivity index (χ0v) is 19.8. The zero-order valence-electron chi connectivity index (χ0n) is 19.8. The molecule has 8 nitrogen and oxygen atoms in total. The van der Waals surface area contributed by atoms with E-state index in [9.17, 15) is 18.3 Å². The summed E-state index contributed by atoms with van der Waals surface area (Å²) >= 11 is 0. The van der Waals surface area contributed by atoms with Gasteiger partial charge in [-0.1, -0.05) is 0 Å². The molecule has 2 aromatic rings. The van der Waals surface area contributed by atoms with Crippen molar-refractivity contribution in [2.24, 2.45) is 0 Å². The molecule has 0 spiro atoms. The van der Waals surface area contributed by atoms with Gasteiger partial charge in [-0.25, -0.2) is 9.37 Å². The standard InChI is InChI=1S/C24H31F3N6O2/c1-24(2)7-5-16-9-15(6-8-33(16)24)29-21-18(25)11-28-23(31-21)30-14-3-4-19(32-12-17(34)13-32)20(10-14)35-22(26)27/h3-4,10-11,15-17,22,34H,5-9,12-13H2,1-2H3,(H2,28,29,30,31). The lowest BCUT2D eigenvalue weighted by atomic mass is 9.97. The van der Waals surface area contributed by atoms with Crippen LogP contribution in [0.15, 0.2) is 24.4 Å². The van der Waals surface area contributed by atoms with Gasteiger partial charge in [-0.15, -0.1) is 0 Å². The van der Waals surface area contributed by atoms with E-state index in [2.05, 4.69) is 39.3 Å². The van der Waals surface area contributed by atoms with Crippen LogP contribution in [-0.2, 0) is 0 Å². The lowest BCUT2D eigenvalue weighted by Gasteiger charge is -2.42. The molecule has 2 atom stereocenters. The van der Waals surface area contributed by atoms with Gasteiger partial charge in [0, 0.05) is 49.0 Å². The van der Waals surface area contributed by atoms with Crippen LogP contribution >= 0.6 is 0 Å². The highest BCUT2D eigenvalue weighted by Gasteiger charge is 2.42. The number of nitrogens with one attached hydrogen (secondary N) is 2. The highest BCUT2D eigenvalue weighted by molar-refractivity contribution is 5.68. The second-order valence-electron chi connectivity index (χ2n) is 10.2. The number of hydrogen-bond donors (Lipinski definition) is 3. The van der Waals surface area contributed by atoms with Gasteiger partial charge in [-0.2, -0.15) is 13.8 Å². The summed E-state index contributed by atoms with van der Waals surface area (Å²) in [6.07, 6.45) is 4.73. The predicted octanol–water partition coefficient (Wildman–Crippen LogP) is 3.96. The van der Waals surface area contributed by atoms with Crippen molar-refractivity contribution in [1.82, 2.24) is 14.9 Å². The number of aromatic nitrogens is 2. The Hall–Kier alpha value is -2.79. The second kappa shape index (κ2) is 9.34. The normalized spacial score (nSPS) is 24.3. The number of fused-ring (bicyclic) bond motifs is 1. The third-order valence-electron chi connectivity index (χ3n) is 7.30. The molecule has 2 unspecified atom stereocenters. The van der Waals surface area contributed by atoms with E-state index in [-0.39, 0.29) is 29.1 Å². The maximum absolute atomic E-state index is 14.5. The Bertz CT molecular complexity index is 1070. The van der Waals surface area contributed by atoms with Crippen molar-refractivity contribution in [2.75, 3.05) is 35.2 Å². The summed E-state index contributed by atoms with van der Waals surface area (Å²) in [5.41, 5.74) is 1.10. The van der Waals surface area contributed by atoms with E-state index in [1.54, 1.807) is 17.0 Å². The smallest absolute Gasteiger partial charge is 0.387 e. The molecule has 3 N–H and O–H groups in total. The molecule has 0 bridgehead atoms. The summed E-state index contributed by atoms with van der Waals surface area (Å²) in [6.45, 7) is 3.21. The van der Waals surface area contributed by atoms with Crippen molar-refractivity contribution in [3.8, 4) is 5.75 Å². The average Bonchev–Trinajstić information content (AvgIpc) is 3.08. The third kappa shape index (κ3) is 5.11. The van der Waals surface area contributed by atoms with Gasteiger partial charge in [-0.05, 0) is 51.7 Å². The fourth-order valence-electron chi connectivity index (χ4n) is 5.46. The Morgan fingerprint density at radius 1 is 1.23 bits per heavy atom. The maximum Gasteiger partial charge on any atom is 0.387 e. The number of aliphatic hydroxyl groups excluding tert-OH is 1. The molecular weight excluding hydrogens is 461 g/mol.